The minimum atomic E-state index is -6.18. The van der Waals surface area contributed by atoms with Gasteiger partial charge < -0.3 is 28.0 Å². The first kappa shape index (κ1) is 34.1. The van der Waals surface area contributed by atoms with E-state index in [1.165, 1.54) is 37.4 Å². The van der Waals surface area contributed by atoms with Gasteiger partial charge in [0.1, 0.15) is 24.0 Å². The van der Waals surface area contributed by atoms with Gasteiger partial charge in [-0.2, -0.15) is 21.6 Å². The molecule has 1 aliphatic heterocycles. The Bertz CT molecular complexity index is 1920. The van der Waals surface area contributed by atoms with E-state index in [2.05, 4.69) is 4.18 Å². The quantitative estimate of drug-likeness (QED) is 0.0757. The lowest BCUT2D eigenvalue weighted by atomic mass is 9.84. The molecule has 1 unspecified atom stereocenters. The van der Waals surface area contributed by atoms with Crippen molar-refractivity contribution in [1.82, 2.24) is 0 Å². The van der Waals surface area contributed by atoms with E-state index in [0.29, 0.717) is 17.9 Å². The van der Waals surface area contributed by atoms with Crippen molar-refractivity contribution in [1.29, 1.82) is 0 Å². The van der Waals surface area contributed by atoms with Gasteiger partial charge in [0.2, 0.25) is 0 Å². The third-order valence-electron chi connectivity index (χ3n) is 7.63. The Morgan fingerprint density at radius 1 is 0.833 bits per heavy atom. The Balaban J connectivity index is 1.43. The number of rotatable bonds is 11. The van der Waals surface area contributed by atoms with E-state index >= 15 is 0 Å². The molecule has 0 N–H and O–H groups in total. The smallest absolute Gasteiger partial charge is 0.497 e. The van der Waals surface area contributed by atoms with Crippen molar-refractivity contribution in [3.63, 3.8) is 0 Å². The van der Waals surface area contributed by atoms with Crippen LogP contribution in [0.1, 0.15) is 34.6 Å². The zero-order chi connectivity index (χ0) is 34.6. The van der Waals surface area contributed by atoms with Crippen molar-refractivity contribution >= 4 is 33.4 Å². The summed E-state index contributed by atoms with van der Waals surface area (Å²) in [5.41, 5.74) is -3.46. The highest BCUT2D eigenvalue weighted by Crippen LogP contribution is 2.53. The molecule has 4 aromatic carbocycles. The fourth-order valence-corrected chi connectivity index (χ4v) is 5.71. The third-order valence-corrected chi connectivity index (χ3v) is 8.58. The van der Waals surface area contributed by atoms with Gasteiger partial charge in [0.05, 0.1) is 14.2 Å². The fraction of sp³-hybridized carbons (Fsp3) is 0.235. The highest BCUT2D eigenvalue weighted by molar-refractivity contribution is 7.88. The Labute approximate surface area is 274 Å². The standard InChI is InChI=1S/C34H30F3NO9S/c1-38-26-15-14-24(43-2)19-25(26)30(31-27(38)16-17-28(44-3)32(31)47-48(41,42)34(35,36)37)33(40)46-23-12-9-21(10-13-23)11-18-29(39)45-20-22-7-5-4-6-8-22/h4-10,12-17,19,30H,11,18,20H2,1-3H3. The number of carbonyl (C=O) groups is 2. The topological polar surface area (TPSA) is 118 Å². The van der Waals surface area contributed by atoms with Gasteiger partial charge in [-0.25, -0.2) is 0 Å². The van der Waals surface area contributed by atoms with Gasteiger partial charge in [0.25, 0.3) is 0 Å². The third kappa shape index (κ3) is 7.18. The van der Waals surface area contributed by atoms with Gasteiger partial charge in [0, 0.05) is 30.4 Å². The molecular weight excluding hydrogens is 655 g/mol. The molecule has 48 heavy (non-hydrogen) atoms. The number of nitrogens with zero attached hydrogens (tertiary/aromatic N) is 1. The molecule has 0 aromatic heterocycles. The zero-order valence-corrected chi connectivity index (χ0v) is 26.8. The summed E-state index contributed by atoms with van der Waals surface area (Å²) >= 11 is 0. The number of benzene rings is 4. The molecular formula is C34H30F3NO9S. The Morgan fingerprint density at radius 3 is 2.15 bits per heavy atom. The molecule has 0 radical (unpaired) electrons. The highest BCUT2D eigenvalue weighted by Gasteiger charge is 2.50. The SMILES string of the molecule is COc1ccc2c(c1)C(C(=O)Oc1ccc(CCC(=O)OCc3ccccc3)cc1)c1c(ccc(OC)c1OS(=O)(=O)C(F)(F)F)N2C. The summed E-state index contributed by atoms with van der Waals surface area (Å²) in [6, 6.07) is 23.1. The molecule has 0 amide bonds. The Kier molecular flexibility index (Phi) is 9.85. The summed E-state index contributed by atoms with van der Waals surface area (Å²) in [4.78, 5) is 27.8. The van der Waals surface area contributed by atoms with Crippen LogP contribution in [0.25, 0.3) is 0 Å². The van der Waals surface area contributed by atoms with Crippen LogP contribution >= 0.6 is 0 Å². The molecule has 1 aliphatic rings. The minimum Gasteiger partial charge on any atom is -0.497 e. The number of hydrogen-bond donors (Lipinski definition) is 0. The first-order valence-electron chi connectivity index (χ1n) is 14.5. The maximum absolute atomic E-state index is 14.0. The fourth-order valence-electron chi connectivity index (χ4n) is 5.23. The average molecular weight is 686 g/mol. The van der Waals surface area contributed by atoms with Crippen LogP contribution in [-0.4, -0.2) is 47.1 Å². The molecule has 0 fully saturated rings. The van der Waals surface area contributed by atoms with Crippen LogP contribution in [0, 0.1) is 0 Å². The molecule has 0 saturated carbocycles. The average Bonchev–Trinajstić information content (AvgIpc) is 3.07. The number of anilines is 2. The van der Waals surface area contributed by atoms with Crippen LogP contribution < -0.4 is 23.3 Å². The van der Waals surface area contributed by atoms with Crippen molar-refractivity contribution in [3.8, 4) is 23.0 Å². The molecule has 1 atom stereocenters. The second kappa shape index (κ2) is 13.9. The van der Waals surface area contributed by atoms with Crippen LogP contribution in [0.4, 0.5) is 24.5 Å². The summed E-state index contributed by atoms with van der Waals surface area (Å²) in [6.45, 7) is 0.157. The number of alkyl halides is 3. The number of ether oxygens (including phenoxy) is 4. The number of hydrogen-bond acceptors (Lipinski definition) is 10. The van der Waals surface area contributed by atoms with Gasteiger partial charge >= 0.3 is 27.6 Å². The van der Waals surface area contributed by atoms with E-state index in [1.807, 2.05) is 30.3 Å². The number of halogens is 3. The Hall–Kier alpha value is -5.24. The van der Waals surface area contributed by atoms with Crippen LogP contribution in [-0.2, 0) is 37.5 Å². The van der Waals surface area contributed by atoms with E-state index in [0.717, 1.165) is 18.2 Å². The summed E-state index contributed by atoms with van der Waals surface area (Å²) in [7, 11) is -2.06. The zero-order valence-electron chi connectivity index (χ0n) is 25.9. The van der Waals surface area contributed by atoms with Gasteiger partial charge in [-0.15, -0.1) is 0 Å². The number of aryl methyl sites for hydroxylation is 1. The van der Waals surface area contributed by atoms with E-state index in [-0.39, 0.29) is 47.3 Å². The van der Waals surface area contributed by atoms with E-state index in [9.17, 15) is 31.2 Å². The molecule has 0 saturated heterocycles. The predicted octanol–water partition coefficient (Wildman–Crippen LogP) is 6.43. The van der Waals surface area contributed by atoms with Crippen LogP contribution in [0.3, 0.4) is 0 Å². The predicted molar refractivity (Wildman–Crippen MR) is 168 cm³/mol. The normalized spacial score (nSPS) is 14.0. The largest absolute Gasteiger partial charge is 0.534 e. The molecule has 252 valence electrons. The maximum Gasteiger partial charge on any atom is 0.534 e. The second-order valence-corrected chi connectivity index (χ2v) is 12.2. The summed E-state index contributed by atoms with van der Waals surface area (Å²) in [5, 5.41) is 0. The lowest BCUT2D eigenvalue weighted by Crippen LogP contribution is -2.32. The van der Waals surface area contributed by atoms with Crippen LogP contribution in [0.2, 0.25) is 0 Å². The van der Waals surface area contributed by atoms with Crippen molar-refractivity contribution in [3.05, 3.63) is 107 Å². The number of carbonyl (C=O) groups excluding carboxylic acids is 2. The van der Waals surface area contributed by atoms with Crippen molar-refractivity contribution in [2.45, 2.75) is 30.9 Å². The van der Waals surface area contributed by atoms with Gasteiger partial charge in [0.15, 0.2) is 11.5 Å². The van der Waals surface area contributed by atoms with Gasteiger partial charge in [-0.05, 0) is 65.6 Å². The summed E-state index contributed by atoms with van der Waals surface area (Å²) in [5.74, 6) is -3.57. The summed E-state index contributed by atoms with van der Waals surface area (Å²) < 4.78 is 91.1. The van der Waals surface area contributed by atoms with E-state index < -0.39 is 33.3 Å². The van der Waals surface area contributed by atoms with E-state index in [4.69, 9.17) is 18.9 Å². The van der Waals surface area contributed by atoms with Crippen LogP contribution in [0.5, 0.6) is 23.0 Å². The molecule has 10 nitrogen and oxygen atoms in total. The van der Waals surface area contributed by atoms with Crippen molar-refractivity contribution < 1.29 is 54.3 Å². The number of methoxy groups -OCH3 is 2. The lowest BCUT2D eigenvalue weighted by Gasteiger charge is -2.35. The molecule has 0 bridgehead atoms. The molecule has 5 rings (SSSR count). The Morgan fingerprint density at radius 2 is 1.50 bits per heavy atom. The lowest BCUT2D eigenvalue weighted by molar-refractivity contribution is -0.145. The molecule has 0 spiro atoms. The number of esters is 2. The van der Waals surface area contributed by atoms with Gasteiger partial charge in [-0.3, -0.25) is 9.59 Å². The van der Waals surface area contributed by atoms with Gasteiger partial charge in [-0.1, -0.05) is 42.5 Å². The minimum absolute atomic E-state index is 0.0913. The second-order valence-electron chi connectivity index (χ2n) is 10.6. The molecule has 4 aromatic rings. The van der Waals surface area contributed by atoms with E-state index in [1.54, 1.807) is 36.2 Å². The van der Waals surface area contributed by atoms with Crippen LogP contribution in [0.15, 0.2) is 84.9 Å². The van der Waals surface area contributed by atoms with Crippen molar-refractivity contribution in [2.24, 2.45) is 0 Å². The molecule has 1 heterocycles. The number of fused-ring (bicyclic) bond motifs is 2. The first-order valence-corrected chi connectivity index (χ1v) is 15.9. The van der Waals surface area contributed by atoms with Crippen molar-refractivity contribution in [2.75, 3.05) is 26.2 Å². The monoisotopic (exact) mass is 685 g/mol. The molecule has 0 aliphatic carbocycles. The first-order chi connectivity index (χ1) is 22.8. The molecule has 14 heteroatoms. The highest BCUT2D eigenvalue weighted by atomic mass is 32.2. The summed E-state index contributed by atoms with van der Waals surface area (Å²) in [6.07, 6.45) is 0.466. The maximum atomic E-state index is 14.0.